The molecule has 0 bridgehead atoms. The van der Waals surface area contributed by atoms with Gasteiger partial charge in [-0.15, -0.1) is 0 Å². The fourth-order valence-corrected chi connectivity index (χ4v) is 1.79. The summed E-state index contributed by atoms with van der Waals surface area (Å²) in [6.07, 6.45) is -0.733. The fourth-order valence-electron chi connectivity index (χ4n) is 1.79. The lowest BCUT2D eigenvalue weighted by atomic mass is 10.1. The van der Waals surface area contributed by atoms with Crippen LogP contribution in [0.2, 0.25) is 0 Å². The quantitative estimate of drug-likeness (QED) is 0.806. The summed E-state index contributed by atoms with van der Waals surface area (Å²) in [5, 5.41) is 3.18. The van der Waals surface area contributed by atoms with E-state index in [1.54, 1.807) is 6.92 Å². The average Bonchev–Trinajstić information content (AvgIpc) is 2.39. The molecule has 0 radical (unpaired) electrons. The maximum Gasteiger partial charge on any atom is 0.346 e. The van der Waals surface area contributed by atoms with Crippen LogP contribution >= 0.6 is 0 Å². The first-order chi connectivity index (χ1) is 8.99. The van der Waals surface area contributed by atoms with Gasteiger partial charge in [0.2, 0.25) is 0 Å². The number of hydrogen-bond donors (Lipinski definition) is 1. The predicted octanol–water partition coefficient (Wildman–Crippen LogP) is 2.44. The van der Waals surface area contributed by atoms with Gasteiger partial charge in [-0.3, -0.25) is 0 Å². The maximum absolute atomic E-state index is 13.3. The number of benzene rings is 1. The summed E-state index contributed by atoms with van der Waals surface area (Å²) < 4.78 is 23.5. The van der Waals surface area contributed by atoms with Crippen LogP contribution in [0.3, 0.4) is 0 Å². The lowest BCUT2D eigenvalue weighted by Crippen LogP contribution is -2.26. The number of esters is 1. The van der Waals surface area contributed by atoms with Crippen molar-refractivity contribution < 1.29 is 18.7 Å². The van der Waals surface area contributed by atoms with E-state index in [0.717, 1.165) is 6.54 Å². The van der Waals surface area contributed by atoms with Crippen LogP contribution in [0.4, 0.5) is 4.39 Å². The van der Waals surface area contributed by atoms with E-state index in [-0.39, 0.29) is 11.9 Å². The molecule has 1 aromatic carbocycles. The molecule has 0 aromatic heterocycles. The Morgan fingerprint density at radius 2 is 2.11 bits per heavy atom. The molecule has 2 atom stereocenters. The van der Waals surface area contributed by atoms with Crippen LogP contribution in [0.15, 0.2) is 18.2 Å². The number of nitrogens with one attached hydrogen (secondary N) is 1. The van der Waals surface area contributed by atoms with Gasteiger partial charge in [-0.1, -0.05) is 6.92 Å². The Labute approximate surface area is 112 Å². The van der Waals surface area contributed by atoms with Crippen LogP contribution in [0.25, 0.3) is 0 Å². The van der Waals surface area contributed by atoms with E-state index < -0.39 is 12.1 Å². The van der Waals surface area contributed by atoms with Gasteiger partial charge < -0.3 is 14.8 Å². The lowest BCUT2D eigenvalue weighted by molar-refractivity contribution is -0.147. The zero-order valence-corrected chi connectivity index (χ0v) is 11.7. The number of halogens is 1. The van der Waals surface area contributed by atoms with Crippen molar-refractivity contribution in [1.29, 1.82) is 0 Å². The number of hydrogen-bond acceptors (Lipinski definition) is 4. The van der Waals surface area contributed by atoms with Gasteiger partial charge in [0.05, 0.1) is 7.11 Å². The van der Waals surface area contributed by atoms with E-state index in [1.807, 2.05) is 13.8 Å². The summed E-state index contributed by atoms with van der Waals surface area (Å²) >= 11 is 0. The molecule has 19 heavy (non-hydrogen) atoms. The third kappa shape index (κ3) is 4.21. The number of rotatable bonds is 6. The Bertz CT molecular complexity index is 437. The van der Waals surface area contributed by atoms with Gasteiger partial charge in [0.25, 0.3) is 0 Å². The molecule has 1 N–H and O–H groups in total. The van der Waals surface area contributed by atoms with Crippen LogP contribution in [0.5, 0.6) is 5.75 Å². The fraction of sp³-hybridized carbons (Fsp3) is 0.500. The third-order valence-electron chi connectivity index (χ3n) is 2.79. The average molecular weight is 269 g/mol. The molecule has 5 heteroatoms. The van der Waals surface area contributed by atoms with Gasteiger partial charge in [-0.2, -0.15) is 0 Å². The van der Waals surface area contributed by atoms with Crippen molar-refractivity contribution in [3.63, 3.8) is 0 Å². The molecule has 1 aromatic rings. The smallest absolute Gasteiger partial charge is 0.346 e. The summed E-state index contributed by atoms with van der Waals surface area (Å²) in [6, 6.07) is 4.17. The van der Waals surface area contributed by atoms with Gasteiger partial charge in [-0.25, -0.2) is 9.18 Å². The Morgan fingerprint density at radius 3 is 2.68 bits per heavy atom. The van der Waals surface area contributed by atoms with E-state index in [2.05, 4.69) is 10.1 Å². The van der Waals surface area contributed by atoms with E-state index in [9.17, 15) is 9.18 Å². The number of methoxy groups -OCH3 is 1. The minimum atomic E-state index is -0.733. The molecule has 4 nitrogen and oxygen atoms in total. The first kappa shape index (κ1) is 15.4. The molecule has 1 rings (SSSR count). The minimum absolute atomic E-state index is 0.0689. The summed E-state index contributed by atoms with van der Waals surface area (Å²) in [7, 11) is 1.30. The van der Waals surface area contributed by atoms with Gasteiger partial charge in [-0.05, 0) is 38.6 Å². The molecule has 0 aliphatic carbocycles. The number of ether oxygens (including phenoxy) is 2. The highest BCUT2D eigenvalue weighted by Crippen LogP contribution is 2.27. The maximum atomic E-state index is 13.3. The van der Waals surface area contributed by atoms with Gasteiger partial charge >= 0.3 is 5.97 Å². The standard InChI is InChI=1S/C14H20FNO3/c1-5-16-9(2)12-8-11(15)6-7-13(12)19-10(3)14(17)18-4/h6-10,16H,5H2,1-4H3. The van der Waals surface area contributed by atoms with Gasteiger partial charge in [0.15, 0.2) is 6.10 Å². The Kier molecular flexibility index (Phi) is 5.76. The molecule has 0 amide bonds. The van der Waals surface area contributed by atoms with E-state index in [0.29, 0.717) is 11.3 Å². The summed E-state index contributed by atoms with van der Waals surface area (Å²) in [5.74, 6) is -0.322. The van der Waals surface area contributed by atoms with Crippen molar-refractivity contribution in [1.82, 2.24) is 5.32 Å². The third-order valence-corrected chi connectivity index (χ3v) is 2.79. The second-order valence-electron chi connectivity index (χ2n) is 4.24. The zero-order chi connectivity index (χ0) is 14.4. The molecule has 0 saturated heterocycles. The zero-order valence-electron chi connectivity index (χ0n) is 11.7. The van der Waals surface area contributed by atoms with E-state index in [4.69, 9.17) is 4.74 Å². The topological polar surface area (TPSA) is 47.6 Å². The highest BCUT2D eigenvalue weighted by atomic mass is 19.1. The first-order valence-corrected chi connectivity index (χ1v) is 6.26. The van der Waals surface area contributed by atoms with Crippen LogP contribution in [-0.2, 0) is 9.53 Å². The molecule has 0 heterocycles. The molecule has 106 valence electrons. The first-order valence-electron chi connectivity index (χ1n) is 6.26. The highest BCUT2D eigenvalue weighted by Gasteiger charge is 2.19. The van der Waals surface area contributed by atoms with Crippen molar-refractivity contribution in [3.05, 3.63) is 29.6 Å². The summed E-state index contributed by atoms with van der Waals surface area (Å²) in [4.78, 5) is 11.4. The Morgan fingerprint density at radius 1 is 1.42 bits per heavy atom. The van der Waals surface area contributed by atoms with Crippen molar-refractivity contribution in [2.24, 2.45) is 0 Å². The summed E-state index contributed by atoms with van der Waals surface area (Å²) in [6.45, 7) is 6.22. The Hall–Kier alpha value is -1.62. The number of carbonyl (C=O) groups excluding carboxylic acids is 1. The van der Waals surface area contributed by atoms with Gasteiger partial charge in [0.1, 0.15) is 11.6 Å². The van der Waals surface area contributed by atoms with E-state index in [1.165, 1.54) is 25.3 Å². The van der Waals surface area contributed by atoms with Crippen molar-refractivity contribution in [3.8, 4) is 5.75 Å². The summed E-state index contributed by atoms with van der Waals surface area (Å²) in [5.41, 5.74) is 0.678. The van der Waals surface area contributed by atoms with Crippen LogP contribution in [0.1, 0.15) is 32.4 Å². The Balaban J connectivity index is 2.96. The largest absolute Gasteiger partial charge is 0.479 e. The van der Waals surface area contributed by atoms with Crippen molar-refractivity contribution in [2.45, 2.75) is 32.9 Å². The molecule has 0 fully saturated rings. The predicted molar refractivity (Wildman–Crippen MR) is 70.6 cm³/mol. The van der Waals surface area contributed by atoms with E-state index >= 15 is 0 Å². The molecule has 0 saturated carbocycles. The molecule has 2 unspecified atom stereocenters. The monoisotopic (exact) mass is 269 g/mol. The molecular formula is C14H20FNO3. The normalized spacial score (nSPS) is 13.7. The second kappa shape index (κ2) is 7.09. The lowest BCUT2D eigenvalue weighted by Gasteiger charge is -2.20. The van der Waals surface area contributed by atoms with Crippen molar-refractivity contribution >= 4 is 5.97 Å². The molecule has 0 aliphatic heterocycles. The van der Waals surface area contributed by atoms with Crippen LogP contribution in [-0.4, -0.2) is 25.7 Å². The van der Waals surface area contributed by atoms with Gasteiger partial charge in [0, 0.05) is 11.6 Å². The van der Waals surface area contributed by atoms with Crippen LogP contribution < -0.4 is 10.1 Å². The molecule has 0 spiro atoms. The number of carbonyl (C=O) groups is 1. The molecular weight excluding hydrogens is 249 g/mol. The molecule has 0 aliphatic rings. The minimum Gasteiger partial charge on any atom is -0.479 e. The highest BCUT2D eigenvalue weighted by molar-refractivity contribution is 5.74. The van der Waals surface area contributed by atoms with Crippen molar-refractivity contribution in [2.75, 3.05) is 13.7 Å². The second-order valence-corrected chi connectivity index (χ2v) is 4.24. The SMILES string of the molecule is CCNC(C)c1cc(F)ccc1OC(C)C(=O)OC. The van der Waals surface area contributed by atoms with Crippen LogP contribution in [0, 0.1) is 5.82 Å².